The molecule has 1 rings (SSSR count). The summed E-state index contributed by atoms with van der Waals surface area (Å²) < 4.78 is 0. The molecule has 0 saturated heterocycles. The zero-order chi connectivity index (χ0) is 14.4. The van der Waals surface area contributed by atoms with E-state index < -0.39 is 17.8 Å². The summed E-state index contributed by atoms with van der Waals surface area (Å²) in [6.45, 7) is 3.38. The first-order valence-electron chi connectivity index (χ1n) is 5.82. The number of hydrogen-bond donors (Lipinski definition) is 3. The van der Waals surface area contributed by atoms with Crippen molar-refractivity contribution >= 4 is 11.6 Å². The van der Waals surface area contributed by atoms with Gasteiger partial charge in [0.15, 0.2) is 5.57 Å². The third kappa shape index (κ3) is 4.45. The number of hydrogen-bond acceptors (Lipinski definition) is 4. The van der Waals surface area contributed by atoms with Gasteiger partial charge < -0.3 is 15.5 Å². The topological polar surface area (TPSA) is 93.4 Å². The smallest absolute Gasteiger partial charge is 0.269 e. The fraction of sp³-hybridized carbons (Fsp3) is 0.286. The van der Waals surface area contributed by atoms with Crippen LogP contribution in [0.15, 0.2) is 35.6 Å². The number of aliphatic hydroxyl groups excluding tert-OH is 2. The number of aliphatic hydroxyl groups is 2. The Morgan fingerprint density at radius 2 is 2.00 bits per heavy atom. The van der Waals surface area contributed by atoms with E-state index in [-0.39, 0.29) is 12.0 Å². The summed E-state index contributed by atoms with van der Waals surface area (Å²) in [6.07, 6.45) is -0.958. The van der Waals surface area contributed by atoms with Gasteiger partial charge in [-0.3, -0.25) is 4.79 Å². The van der Waals surface area contributed by atoms with Gasteiger partial charge in [-0.05, 0) is 26.0 Å². The predicted octanol–water partition coefficient (Wildman–Crippen LogP) is 2.04. The Morgan fingerprint density at radius 1 is 1.42 bits per heavy atom. The van der Waals surface area contributed by atoms with Crippen molar-refractivity contribution < 1.29 is 15.0 Å². The normalized spacial score (nSPS) is 13.2. The summed E-state index contributed by atoms with van der Waals surface area (Å²) in [5, 5.41) is 30.1. The van der Waals surface area contributed by atoms with Gasteiger partial charge in [0.1, 0.15) is 11.8 Å². The zero-order valence-corrected chi connectivity index (χ0v) is 10.8. The van der Waals surface area contributed by atoms with Crippen LogP contribution in [0.1, 0.15) is 18.9 Å². The van der Waals surface area contributed by atoms with Crippen molar-refractivity contribution in [2.45, 2.75) is 26.4 Å². The molecule has 1 atom stereocenters. The van der Waals surface area contributed by atoms with Gasteiger partial charge in [-0.1, -0.05) is 17.7 Å². The van der Waals surface area contributed by atoms with E-state index in [0.717, 1.165) is 5.56 Å². The first kappa shape index (κ1) is 14.7. The Morgan fingerprint density at radius 3 is 2.47 bits per heavy atom. The van der Waals surface area contributed by atoms with Gasteiger partial charge in [-0.25, -0.2) is 0 Å². The molecule has 0 aromatic heterocycles. The van der Waals surface area contributed by atoms with Crippen LogP contribution < -0.4 is 5.32 Å². The van der Waals surface area contributed by atoms with Gasteiger partial charge in [0.2, 0.25) is 0 Å². The molecular weight excluding hydrogens is 244 g/mol. The Balaban J connectivity index is 2.86. The molecule has 0 aliphatic rings. The molecule has 0 saturated carbocycles. The number of rotatable bonds is 4. The average molecular weight is 260 g/mol. The molecular formula is C14H16N2O3. The number of anilines is 1. The second-order valence-corrected chi connectivity index (χ2v) is 4.31. The Hall–Kier alpha value is -2.32. The van der Waals surface area contributed by atoms with Crippen LogP contribution in [0.25, 0.3) is 0 Å². The summed E-state index contributed by atoms with van der Waals surface area (Å²) in [7, 11) is 0. The molecule has 100 valence electrons. The molecule has 3 N–H and O–H groups in total. The first-order valence-corrected chi connectivity index (χ1v) is 5.82. The van der Waals surface area contributed by atoms with E-state index in [0.29, 0.717) is 5.69 Å². The quantitative estimate of drug-likeness (QED) is 0.438. The lowest BCUT2D eigenvalue weighted by atomic mass is 10.1. The van der Waals surface area contributed by atoms with Crippen molar-refractivity contribution in [1.29, 1.82) is 5.26 Å². The maximum absolute atomic E-state index is 11.8. The first-order chi connectivity index (χ1) is 8.93. The standard InChI is InChI=1S/C14H16N2O3/c1-9-3-5-11(6-4-9)16-14(19)12(8-15)13(18)7-10(2)17/h3-6,10,17-18H,7H2,1-2H3,(H,16,19)/b13-12-. The second kappa shape index (κ2) is 6.57. The molecule has 1 aromatic carbocycles. The molecule has 0 heterocycles. The van der Waals surface area contributed by atoms with Crippen molar-refractivity contribution in [3.63, 3.8) is 0 Å². The summed E-state index contributed by atoms with van der Waals surface area (Å²) in [5.74, 6) is -1.10. The second-order valence-electron chi connectivity index (χ2n) is 4.31. The summed E-state index contributed by atoms with van der Waals surface area (Å²) in [6, 6.07) is 8.69. The van der Waals surface area contributed by atoms with Crippen LogP contribution in [0, 0.1) is 18.3 Å². The summed E-state index contributed by atoms with van der Waals surface area (Å²) >= 11 is 0. The molecule has 0 spiro atoms. The van der Waals surface area contributed by atoms with E-state index in [2.05, 4.69) is 5.32 Å². The van der Waals surface area contributed by atoms with Crippen molar-refractivity contribution in [3.05, 3.63) is 41.2 Å². The van der Waals surface area contributed by atoms with Gasteiger partial charge in [0, 0.05) is 12.1 Å². The average Bonchev–Trinajstić information content (AvgIpc) is 2.32. The van der Waals surface area contributed by atoms with Crippen LogP contribution in [0.3, 0.4) is 0 Å². The molecule has 1 aromatic rings. The maximum Gasteiger partial charge on any atom is 0.269 e. The fourth-order valence-corrected chi connectivity index (χ4v) is 1.46. The lowest BCUT2D eigenvalue weighted by molar-refractivity contribution is -0.112. The van der Waals surface area contributed by atoms with E-state index in [1.54, 1.807) is 18.2 Å². The molecule has 5 nitrogen and oxygen atoms in total. The lowest BCUT2D eigenvalue weighted by Gasteiger charge is -2.08. The van der Waals surface area contributed by atoms with Crippen molar-refractivity contribution in [1.82, 2.24) is 0 Å². The van der Waals surface area contributed by atoms with Crippen LogP contribution >= 0.6 is 0 Å². The Kier molecular flexibility index (Phi) is 5.10. The number of nitrogens with zero attached hydrogens (tertiary/aromatic N) is 1. The Labute approximate surface area is 111 Å². The fourth-order valence-electron chi connectivity index (χ4n) is 1.46. The SMILES string of the molecule is Cc1ccc(NC(=O)/C(C#N)=C(\O)CC(C)O)cc1. The molecule has 1 amide bonds. The summed E-state index contributed by atoms with van der Waals surface area (Å²) in [5.41, 5.74) is 1.20. The van der Waals surface area contributed by atoms with E-state index >= 15 is 0 Å². The molecule has 0 bridgehead atoms. The number of nitriles is 1. The minimum Gasteiger partial charge on any atom is -0.511 e. The minimum absolute atomic E-state index is 0.135. The number of carbonyl (C=O) groups is 1. The third-order valence-electron chi connectivity index (χ3n) is 2.43. The predicted molar refractivity (Wildman–Crippen MR) is 71.4 cm³/mol. The molecule has 19 heavy (non-hydrogen) atoms. The van der Waals surface area contributed by atoms with E-state index in [4.69, 9.17) is 10.4 Å². The number of benzene rings is 1. The summed E-state index contributed by atoms with van der Waals surface area (Å²) in [4.78, 5) is 11.8. The van der Waals surface area contributed by atoms with Crippen LogP contribution in [0.5, 0.6) is 0 Å². The number of nitrogens with one attached hydrogen (secondary N) is 1. The van der Waals surface area contributed by atoms with Gasteiger partial charge in [0.25, 0.3) is 5.91 Å². The number of carbonyl (C=O) groups excluding carboxylic acids is 1. The van der Waals surface area contributed by atoms with Crippen molar-refractivity contribution in [2.24, 2.45) is 0 Å². The van der Waals surface area contributed by atoms with E-state index in [1.165, 1.54) is 6.92 Å². The molecule has 0 radical (unpaired) electrons. The third-order valence-corrected chi connectivity index (χ3v) is 2.43. The molecule has 0 aliphatic carbocycles. The highest BCUT2D eigenvalue weighted by Crippen LogP contribution is 2.13. The van der Waals surface area contributed by atoms with Crippen molar-refractivity contribution in [3.8, 4) is 6.07 Å². The number of amides is 1. The van der Waals surface area contributed by atoms with E-state index in [1.807, 2.05) is 19.1 Å². The minimum atomic E-state index is -0.824. The van der Waals surface area contributed by atoms with Crippen LogP contribution in [-0.4, -0.2) is 22.2 Å². The van der Waals surface area contributed by atoms with Gasteiger partial charge >= 0.3 is 0 Å². The Bertz CT molecular complexity index is 525. The zero-order valence-electron chi connectivity index (χ0n) is 10.8. The van der Waals surface area contributed by atoms with Crippen LogP contribution in [-0.2, 0) is 4.79 Å². The van der Waals surface area contributed by atoms with Crippen molar-refractivity contribution in [2.75, 3.05) is 5.32 Å². The highest BCUT2D eigenvalue weighted by Gasteiger charge is 2.16. The number of aryl methyl sites for hydroxylation is 1. The molecule has 0 fully saturated rings. The molecule has 5 heteroatoms. The van der Waals surface area contributed by atoms with Crippen LogP contribution in [0.4, 0.5) is 5.69 Å². The van der Waals surface area contributed by atoms with Gasteiger partial charge in [0.05, 0.1) is 6.10 Å². The maximum atomic E-state index is 11.8. The van der Waals surface area contributed by atoms with Crippen LogP contribution in [0.2, 0.25) is 0 Å². The molecule has 1 unspecified atom stereocenters. The van der Waals surface area contributed by atoms with E-state index in [9.17, 15) is 9.90 Å². The monoisotopic (exact) mass is 260 g/mol. The highest BCUT2D eigenvalue weighted by molar-refractivity contribution is 6.06. The largest absolute Gasteiger partial charge is 0.511 e. The van der Waals surface area contributed by atoms with Gasteiger partial charge in [-0.15, -0.1) is 0 Å². The van der Waals surface area contributed by atoms with Gasteiger partial charge in [-0.2, -0.15) is 5.26 Å². The highest BCUT2D eigenvalue weighted by atomic mass is 16.3. The lowest BCUT2D eigenvalue weighted by Crippen LogP contribution is -2.16. The molecule has 0 aliphatic heterocycles.